The molecule has 0 aliphatic carbocycles. The maximum absolute atomic E-state index is 12.8. The summed E-state index contributed by atoms with van der Waals surface area (Å²) >= 11 is 0. The van der Waals surface area contributed by atoms with Crippen molar-refractivity contribution in [2.24, 2.45) is 0 Å². The van der Waals surface area contributed by atoms with Gasteiger partial charge in [-0.05, 0) is 17.7 Å². The molecule has 0 unspecified atom stereocenters. The number of hydrogen-bond donors (Lipinski definition) is 1. The van der Waals surface area contributed by atoms with E-state index in [1.54, 1.807) is 21.9 Å². The highest BCUT2D eigenvalue weighted by atomic mass is 19.1. The second-order valence-corrected chi connectivity index (χ2v) is 5.01. The van der Waals surface area contributed by atoms with Crippen LogP contribution in [0.15, 0.2) is 24.3 Å². The van der Waals surface area contributed by atoms with E-state index in [2.05, 4.69) is 5.32 Å². The van der Waals surface area contributed by atoms with E-state index in [1.165, 1.54) is 12.1 Å². The first kappa shape index (κ1) is 15.3. The van der Waals surface area contributed by atoms with E-state index in [4.69, 9.17) is 0 Å². The van der Waals surface area contributed by atoms with Crippen molar-refractivity contribution in [2.75, 3.05) is 26.2 Å². The summed E-state index contributed by atoms with van der Waals surface area (Å²) in [5, 5.41) is 2.81. The van der Waals surface area contributed by atoms with Gasteiger partial charge in [0.1, 0.15) is 5.82 Å². The molecule has 1 saturated heterocycles. The minimum Gasteiger partial charge on any atom is -0.339 e. The molecule has 6 heteroatoms. The first-order valence-corrected chi connectivity index (χ1v) is 7.15. The molecule has 0 spiro atoms. The monoisotopic (exact) mass is 293 g/mol. The van der Waals surface area contributed by atoms with Gasteiger partial charge < -0.3 is 15.1 Å². The minimum absolute atomic E-state index is 0.126. The van der Waals surface area contributed by atoms with Gasteiger partial charge in [0.2, 0.25) is 5.91 Å². The predicted octanol–water partition coefficient (Wildman–Crippen LogP) is 1.59. The molecule has 1 aromatic rings. The zero-order valence-electron chi connectivity index (χ0n) is 12.1. The van der Waals surface area contributed by atoms with E-state index in [-0.39, 0.29) is 17.8 Å². The molecule has 1 heterocycles. The third kappa shape index (κ3) is 4.18. The Morgan fingerprint density at radius 1 is 1.10 bits per heavy atom. The molecule has 1 aromatic carbocycles. The summed E-state index contributed by atoms with van der Waals surface area (Å²) < 4.78 is 12.8. The summed E-state index contributed by atoms with van der Waals surface area (Å²) in [6, 6.07) is 5.89. The fourth-order valence-electron chi connectivity index (χ4n) is 2.27. The molecule has 114 valence electrons. The second kappa shape index (κ2) is 7.06. The number of urea groups is 1. The Labute approximate surface area is 123 Å². The highest BCUT2D eigenvalue weighted by Crippen LogP contribution is 2.05. The number of carbonyl (C=O) groups excluding carboxylic acids is 2. The molecule has 1 aliphatic heterocycles. The van der Waals surface area contributed by atoms with Crippen LogP contribution in [-0.2, 0) is 11.3 Å². The molecule has 0 radical (unpaired) electrons. The molecule has 0 atom stereocenters. The van der Waals surface area contributed by atoms with Gasteiger partial charge in [-0.2, -0.15) is 0 Å². The van der Waals surface area contributed by atoms with Crippen molar-refractivity contribution >= 4 is 11.9 Å². The largest absolute Gasteiger partial charge is 0.339 e. The molecule has 0 aromatic heterocycles. The smallest absolute Gasteiger partial charge is 0.317 e. The van der Waals surface area contributed by atoms with Crippen LogP contribution < -0.4 is 5.32 Å². The highest BCUT2D eigenvalue weighted by Gasteiger charge is 2.22. The van der Waals surface area contributed by atoms with Gasteiger partial charge in [-0.1, -0.05) is 19.1 Å². The fourth-order valence-corrected chi connectivity index (χ4v) is 2.27. The summed E-state index contributed by atoms with van der Waals surface area (Å²) in [5.41, 5.74) is 0.851. The zero-order valence-corrected chi connectivity index (χ0v) is 12.1. The van der Waals surface area contributed by atoms with Crippen LogP contribution in [0, 0.1) is 5.82 Å². The van der Waals surface area contributed by atoms with Gasteiger partial charge in [0, 0.05) is 39.1 Å². The standard InChI is InChI=1S/C15H20FN3O2/c1-2-14(20)18-7-9-19(10-8-18)15(21)17-11-12-3-5-13(16)6-4-12/h3-6H,2,7-11H2,1H3,(H,17,21). The number of amides is 3. The van der Waals surface area contributed by atoms with Crippen molar-refractivity contribution in [1.29, 1.82) is 0 Å². The predicted molar refractivity (Wildman–Crippen MR) is 77.1 cm³/mol. The van der Waals surface area contributed by atoms with Crippen molar-refractivity contribution in [2.45, 2.75) is 19.9 Å². The topological polar surface area (TPSA) is 52.7 Å². The summed E-state index contributed by atoms with van der Waals surface area (Å²) in [6.45, 7) is 4.45. The van der Waals surface area contributed by atoms with Crippen molar-refractivity contribution in [3.63, 3.8) is 0 Å². The number of nitrogens with one attached hydrogen (secondary N) is 1. The number of rotatable bonds is 3. The van der Waals surface area contributed by atoms with E-state index in [1.807, 2.05) is 6.92 Å². The van der Waals surface area contributed by atoms with Crippen LogP contribution in [-0.4, -0.2) is 47.9 Å². The van der Waals surface area contributed by atoms with Gasteiger partial charge in [0.25, 0.3) is 0 Å². The molecule has 0 saturated carbocycles. The maximum atomic E-state index is 12.8. The molecule has 0 bridgehead atoms. The molecular weight excluding hydrogens is 273 g/mol. The molecule has 2 rings (SSSR count). The van der Waals surface area contributed by atoms with Gasteiger partial charge in [-0.25, -0.2) is 9.18 Å². The van der Waals surface area contributed by atoms with Crippen LogP contribution in [0.2, 0.25) is 0 Å². The van der Waals surface area contributed by atoms with Crippen molar-refractivity contribution in [3.8, 4) is 0 Å². The normalized spacial score (nSPS) is 15.0. The van der Waals surface area contributed by atoms with E-state index in [0.717, 1.165) is 5.56 Å². The SMILES string of the molecule is CCC(=O)N1CCN(C(=O)NCc2ccc(F)cc2)CC1. The van der Waals surface area contributed by atoms with Crippen molar-refractivity contribution < 1.29 is 14.0 Å². The molecule has 1 aliphatic rings. The maximum Gasteiger partial charge on any atom is 0.317 e. The lowest BCUT2D eigenvalue weighted by Crippen LogP contribution is -2.52. The van der Waals surface area contributed by atoms with Crippen LogP contribution in [0.1, 0.15) is 18.9 Å². The lowest BCUT2D eigenvalue weighted by Gasteiger charge is -2.34. The zero-order chi connectivity index (χ0) is 15.2. The summed E-state index contributed by atoms with van der Waals surface area (Å²) in [5.74, 6) is -0.164. The molecule has 3 amide bonds. The molecule has 1 N–H and O–H groups in total. The minimum atomic E-state index is -0.290. The average molecular weight is 293 g/mol. The lowest BCUT2D eigenvalue weighted by molar-refractivity contribution is -0.132. The van der Waals surface area contributed by atoms with E-state index in [9.17, 15) is 14.0 Å². The molecule has 5 nitrogen and oxygen atoms in total. The Balaban J connectivity index is 1.77. The molecule has 21 heavy (non-hydrogen) atoms. The van der Waals surface area contributed by atoms with Crippen LogP contribution in [0.3, 0.4) is 0 Å². The first-order chi connectivity index (χ1) is 10.1. The number of piperazine rings is 1. The van der Waals surface area contributed by atoms with E-state index >= 15 is 0 Å². The third-order valence-corrected chi connectivity index (χ3v) is 3.58. The van der Waals surface area contributed by atoms with E-state index < -0.39 is 0 Å². The van der Waals surface area contributed by atoms with Gasteiger partial charge >= 0.3 is 6.03 Å². The molecular formula is C15H20FN3O2. The van der Waals surface area contributed by atoms with Crippen LogP contribution in [0.5, 0.6) is 0 Å². The van der Waals surface area contributed by atoms with E-state index in [0.29, 0.717) is 39.1 Å². The lowest BCUT2D eigenvalue weighted by atomic mass is 10.2. The number of nitrogens with zero attached hydrogens (tertiary/aromatic N) is 2. The van der Waals surface area contributed by atoms with Crippen molar-refractivity contribution in [1.82, 2.24) is 15.1 Å². The Bertz CT molecular complexity index is 496. The number of benzene rings is 1. The Morgan fingerprint density at radius 3 is 2.24 bits per heavy atom. The molecule has 1 fully saturated rings. The van der Waals surface area contributed by atoms with Gasteiger partial charge in [0.05, 0.1) is 0 Å². The van der Waals surface area contributed by atoms with Crippen LogP contribution in [0.25, 0.3) is 0 Å². The second-order valence-electron chi connectivity index (χ2n) is 5.01. The van der Waals surface area contributed by atoms with Crippen molar-refractivity contribution in [3.05, 3.63) is 35.6 Å². The first-order valence-electron chi connectivity index (χ1n) is 7.15. The van der Waals surface area contributed by atoms with Crippen LogP contribution >= 0.6 is 0 Å². The fraction of sp³-hybridized carbons (Fsp3) is 0.467. The third-order valence-electron chi connectivity index (χ3n) is 3.58. The van der Waals surface area contributed by atoms with Gasteiger partial charge in [-0.15, -0.1) is 0 Å². The Kier molecular flexibility index (Phi) is 5.14. The number of halogens is 1. The van der Waals surface area contributed by atoms with Gasteiger partial charge in [0.15, 0.2) is 0 Å². The summed E-state index contributed by atoms with van der Waals surface area (Å²) in [4.78, 5) is 27.1. The Hall–Kier alpha value is -2.11. The number of hydrogen-bond acceptors (Lipinski definition) is 2. The summed E-state index contributed by atoms with van der Waals surface area (Å²) in [7, 11) is 0. The van der Waals surface area contributed by atoms with Gasteiger partial charge in [-0.3, -0.25) is 4.79 Å². The Morgan fingerprint density at radius 2 is 1.67 bits per heavy atom. The average Bonchev–Trinajstić information content (AvgIpc) is 2.53. The highest BCUT2D eigenvalue weighted by molar-refractivity contribution is 5.77. The number of carbonyl (C=O) groups is 2. The quantitative estimate of drug-likeness (QED) is 0.920. The van der Waals surface area contributed by atoms with Crippen LogP contribution in [0.4, 0.5) is 9.18 Å². The summed E-state index contributed by atoms with van der Waals surface area (Å²) in [6.07, 6.45) is 0.497.